The minimum Gasteiger partial charge on any atom is -0.481 e. The third kappa shape index (κ3) is 5.99. The number of morpholine rings is 1. The topological polar surface area (TPSA) is 50.8 Å². The summed E-state index contributed by atoms with van der Waals surface area (Å²) < 4.78 is 11.4. The Morgan fingerprint density at radius 2 is 1.70 bits per heavy atom. The summed E-state index contributed by atoms with van der Waals surface area (Å²) >= 11 is 0. The maximum absolute atomic E-state index is 12.6. The summed E-state index contributed by atoms with van der Waals surface area (Å²) in [5.41, 5.74) is 3.61. The predicted octanol–water partition coefficient (Wildman–Crippen LogP) is 4.29. The zero-order valence-electron chi connectivity index (χ0n) is 18.6. The molecule has 2 aromatic carbocycles. The molecule has 1 atom stereocenters. The van der Waals surface area contributed by atoms with Crippen molar-refractivity contribution in [2.75, 3.05) is 31.2 Å². The first kappa shape index (κ1) is 22.2. The van der Waals surface area contributed by atoms with Crippen LogP contribution in [0.3, 0.4) is 0 Å². The van der Waals surface area contributed by atoms with E-state index in [1.807, 2.05) is 19.1 Å². The molecule has 5 nitrogen and oxygen atoms in total. The van der Waals surface area contributed by atoms with Crippen molar-refractivity contribution in [1.82, 2.24) is 5.32 Å². The maximum Gasteiger partial charge on any atom is 0.261 e. The van der Waals surface area contributed by atoms with Crippen molar-refractivity contribution < 1.29 is 14.3 Å². The number of nitrogens with one attached hydrogen (secondary N) is 1. The smallest absolute Gasteiger partial charge is 0.261 e. The Bertz CT molecular complexity index is 804. The fraction of sp³-hybridized carbons (Fsp3) is 0.480. The molecule has 2 aromatic rings. The van der Waals surface area contributed by atoms with Crippen molar-refractivity contribution >= 4 is 11.6 Å². The van der Waals surface area contributed by atoms with Gasteiger partial charge in [0, 0.05) is 25.3 Å². The molecule has 1 unspecified atom stereocenters. The van der Waals surface area contributed by atoms with Gasteiger partial charge >= 0.3 is 0 Å². The van der Waals surface area contributed by atoms with Gasteiger partial charge in [0.1, 0.15) is 5.75 Å². The van der Waals surface area contributed by atoms with Crippen molar-refractivity contribution in [1.29, 1.82) is 0 Å². The molecule has 1 amide bonds. The van der Waals surface area contributed by atoms with E-state index in [9.17, 15) is 4.79 Å². The molecular weight excluding hydrogens is 376 g/mol. The van der Waals surface area contributed by atoms with Crippen LogP contribution in [0.2, 0.25) is 0 Å². The summed E-state index contributed by atoms with van der Waals surface area (Å²) in [4.78, 5) is 15.0. The Morgan fingerprint density at radius 3 is 2.27 bits per heavy atom. The number of carbonyl (C=O) groups is 1. The number of ether oxygens (including phenoxy) is 2. The van der Waals surface area contributed by atoms with E-state index in [0.717, 1.165) is 37.6 Å². The molecular formula is C25H34N2O3. The third-order valence-corrected chi connectivity index (χ3v) is 5.44. The average molecular weight is 411 g/mol. The first-order chi connectivity index (χ1) is 14.4. The Balaban J connectivity index is 1.52. The normalized spacial score (nSPS) is 15.5. The van der Waals surface area contributed by atoms with E-state index >= 15 is 0 Å². The number of benzene rings is 2. The van der Waals surface area contributed by atoms with Gasteiger partial charge in [-0.2, -0.15) is 0 Å². The first-order valence-electron chi connectivity index (χ1n) is 10.8. The van der Waals surface area contributed by atoms with Crippen LogP contribution in [0.15, 0.2) is 48.5 Å². The highest BCUT2D eigenvalue weighted by Gasteiger charge is 2.19. The standard InChI is InChI=1S/C25H34N2O3/c1-5-23(30-22-12-8-20(9-13-22)25(2,3)4)24(28)26-18-19-6-10-21(11-7-19)27-14-16-29-17-15-27/h6-13,23H,5,14-18H2,1-4H3,(H,26,28). The molecule has 0 aliphatic carbocycles. The molecule has 1 aliphatic heterocycles. The van der Waals surface area contributed by atoms with E-state index in [-0.39, 0.29) is 11.3 Å². The van der Waals surface area contributed by atoms with Crippen molar-refractivity contribution in [2.24, 2.45) is 0 Å². The maximum atomic E-state index is 12.6. The summed E-state index contributed by atoms with van der Waals surface area (Å²) in [6, 6.07) is 16.4. The minimum absolute atomic E-state index is 0.0883. The Labute approximate surface area is 180 Å². The summed E-state index contributed by atoms with van der Waals surface area (Å²) in [6.07, 6.45) is 0.112. The van der Waals surface area contributed by atoms with E-state index in [4.69, 9.17) is 9.47 Å². The molecule has 1 saturated heterocycles. The molecule has 0 aromatic heterocycles. The second kappa shape index (κ2) is 9.98. The first-order valence-corrected chi connectivity index (χ1v) is 10.8. The van der Waals surface area contributed by atoms with Gasteiger partial charge in [-0.05, 0) is 47.2 Å². The summed E-state index contributed by atoms with van der Waals surface area (Å²) in [5.74, 6) is 0.634. The number of hydrogen-bond donors (Lipinski definition) is 1. The molecule has 0 saturated carbocycles. The summed E-state index contributed by atoms with van der Waals surface area (Å²) in [7, 11) is 0. The average Bonchev–Trinajstić information content (AvgIpc) is 2.76. The van der Waals surface area contributed by atoms with Crippen LogP contribution in [0.25, 0.3) is 0 Å². The third-order valence-electron chi connectivity index (χ3n) is 5.44. The SMILES string of the molecule is CCC(Oc1ccc(C(C)(C)C)cc1)C(=O)NCc1ccc(N2CCOCC2)cc1. The van der Waals surface area contributed by atoms with E-state index < -0.39 is 6.10 Å². The molecule has 1 heterocycles. The number of rotatable bonds is 7. The van der Waals surface area contributed by atoms with Crippen LogP contribution in [0.1, 0.15) is 45.2 Å². The van der Waals surface area contributed by atoms with Crippen LogP contribution in [0, 0.1) is 0 Å². The van der Waals surface area contributed by atoms with Gasteiger partial charge < -0.3 is 19.7 Å². The number of amides is 1. The van der Waals surface area contributed by atoms with Gasteiger partial charge in [0.05, 0.1) is 13.2 Å². The predicted molar refractivity (Wildman–Crippen MR) is 121 cm³/mol. The highest BCUT2D eigenvalue weighted by atomic mass is 16.5. The lowest BCUT2D eigenvalue weighted by Crippen LogP contribution is -2.37. The molecule has 30 heavy (non-hydrogen) atoms. The Morgan fingerprint density at radius 1 is 1.07 bits per heavy atom. The quantitative estimate of drug-likeness (QED) is 0.740. The lowest BCUT2D eigenvalue weighted by molar-refractivity contribution is -0.128. The molecule has 0 spiro atoms. The molecule has 0 bridgehead atoms. The molecule has 162 valence electrons. The van der Waals surface area contributed by atoms with Crippen LogP contribution in [-0.4, -0.2) is 38.3 Å². The van der Waals surface area contributed by atoms with Gasteiger partial charge in [-0.3, -0.25) is 4.79 Å². The fourth-order valence-electron chi connectivity index (χ4n) is 3.47. The monoisotopic (exact) mass is 410 g/mol. The number of anilines is 1. The molecule has 1 aliphatic rings. The second-order valence-corrected chi connectivity index (χ2v) is 8.77. The molecule has 1 fully saturated rings. The van der Waals surface area contributed by atoms with Crippen molar-refractivity contribution in [3.8, 4) is 5.75 Å². The molecule has 0 radical (unpaired) electrons. The van der Waals surface area contributed by atoms with Crippen LogP contribution < -0.4 is 15.0 Å². The van der Waals surface area contributed by atoms with Crippen molar-refractivity contribution in [3.63, 3.8) is 0 Å². The van der Waals surface area contributed by atoms with E-state index in [1.54, 1.807) is 0 Å². The molecule has 1 N–H and O–H groups in total. The molecule has 3 rings (SSSR count). The van der Waals surface area contributed by atoms with Crippen LogP contribution in [0.5, 0.6) is 5.75 Å². The largest absolute Gasteiger partial charge is 0.481 e. The van der Waals surface area contributed by atoms with Gasteiger partial charge in [0.15, 0.2) is 6.10 Å². The van der Waals surface area contributed by atoms with Gasteiger partial charge in [0.25, 0.3) is 5.91 Å². The summed E-state index contributed by atoms with van der Waals surface area (Å²) in [5, 5.41) is 3.01. The van der Waals surface area contributed by atoms with Gasteiger partial charge in [-0.25, -0.2) is 0 Å². The van der Waals surface area contributed by atoms with Gasteiger partial charge in [0.2, 0.25) is 0 Å². The highest BCUT2D eigenvalue weighted by molar-refractivity contribution is 5.81. The number of carbonyl (C=O) groups excluding carboxylic acids is 1. The van der Waals surface area contributed by atoms with E-state index in [1.165, 1.54) is 11.3 Å². The van der Waals surface area contributed by atoms with Crippen molar-refractivity contribution in [2.45, 2.75) is 52.2 Å². The van der Waals surface area contributed by atoms with Gasteiger partial charge in [-0.15, -0.1) is 0 Å². The van der Waals surface area contributed by atoms with Gasteiger partial charge in [-0.1, -0.05) is 52.0 Å². The second-order valence-electron chi connectivity index (χ2n) is 8.77. The van der Waals surface area contributed by atoms with Crippen LogP contribution in [-0.2, 0) is 21.5 Å². The zero-order chi connectivity index (χ0) is 21.6. The number of hydrogen-bond acceptors (Lipinski definition) is 4. The lowest BCUT2D eigenvalue weighted by Gasteiger charge is -2.29. The highest BCUT2D eigenvalue weighted by Crippen LogP contribution is 2.25. The fourth-order valence-corrected chi connectivity index (χ4v) is 3.47. The minimum atomic E-state index is -0.502. The van der Waals surface area contributed by atoms with Crippen molar-refractivity contribution in [3.05, 3.63) is 59.7 Å². The molecule has 5 heteroatoms. The Hall–Kier alpha value is -2.53. The summed E-state index contributed by atoms with van der Waals surface area (Å²) in [6.45, 7) is 12.4. The van der Waals surface area contributed by atoms with Crippen LogP contribution in [0.4, 0.5) is 5.69 Å². The van der Waals surface area contributed by atoms with E-state index in [0.29, 0.717) is 13.0 Å². The van der Waals surface area contributed by atoms with Crippen LogP contribution >= 0.6 is 0 Å². The Kier molecular flexibility index (Phi) is 7.38. The zero-order valence-corrected chi connectivity index (χ0v) is 18.6. The lowest BCUT2D eigenvalue weighted by atomic mass is 9.87. The number of nitrogens with zero attached hydrogens (tertiary/aromatic N) is 1. The van der Waals surface area contributed by atoms with E-state index in [2.05, 4.69) is 67.4 Å².